The first kappa shape index (κ1) is 24.5. The molecule has 0 radical (unpaired) electrons. The lowest BCUT2D eigenvalue weighted by atomic mass is 10.4. The first-order valence-electron chi connectivity index (χ1n) is 9.38. The van der Waals surface area contributed by atoms with Crippen LogP contribution >= 0.6 is 0 Å². The summed E-state index contributed by atoms with van der Waals surface area (Å²) < 4.78 is 23.3. The van der Waals surface area contributed by atoms with Gasteiger partial charge in [0.1, 0.15) is 0 Å². The van der Waals surface area contributed by atoms with Crippen molar-refractivity contribution in [2.45, 2.75) is 77.2 Å². The van der Waals surface area contributed by atoms with Crippen LogP contribution in [0.15, 0.2) is 0 Å². The average molecular weight is 395 g/mol. The zero-order valence-electron chi connectivity index (χ0n) is 17.5. The lowest BCUT2D eigenvalue weighted by molar-refractivity contribution is 0.0827. The van der Waals surface area contributed by atoms with Crippen LogP contribution in [0, 0.1) is 0 Å². The first-order chi connectivity index (χ1) is 11.0. The molecule has 0 aliphatic carbocycles. The van der Waals surface area contributed by atoms with Gasteiger partial charge < -0.3 is 18.0 Å². The standard InChI is InChI=1S/C17H42O4Si3/c1-18-23(5,6)16-10-14-19-12-9-13-20-15-11-17-24(7,8)21-22(2,3)4/h9-17H2,1-8H3. The molecule has 0 spiro atoms. The summed E-state index contributed by atoms with van der Waals surface area (Å²) in [5.41, 5.74) is 0. The predicted octanol–water partition coefficient (Wildman–Crippen LogP) is 5.10. The highest BCUT2D eigenvalue weighted by Gasteiger charge is 2.28. The molecule has 0 heterocycles. The molecule has 146 valence electrons. The van der Waals surface area contributed by atoms with Crippen LogP contribution < -0.4 is 0 Å². The van der Waals surface area contributed by atoms with E-state index in [0.29, 0.717) is 0 Å². The maximum Gasteiger partial charge on any atom is 0.186 e. The van der Waals surface area contributed by atoms with Gasteiger partial charge in [0.05, 0.1) is 0 Å². The fraction of sp³-hybridized carbons (Fsp3) is 1.00. The SMILES string of the molecule is CO[Si](C)(C)CCCOCCCOCCC[Si](C)(C)O[Si](C)(C)C. The molecule has 0 rings (SSSR count). The van der Waals surface area contributed by atoms with Crippen molar-refractivity contribution in [3.8, 4) is 0 Å². The van der Waals surface area contributed by atoms with E-state index in [4.69, 9.17) is 18.0 Å². The summed E-state index contributed by atoms with van der Waals surface area (Å²) >= 11 is 0. The molecule has 0 aliphatic heterocycles. The van der Waals surface area contributed by atoms with Gasteiger partial charge in [-0.05, 0) is 77.2 Å². The Morgan fingerprint density at radius 2 is 1.00 bits per heavy atom. The minimum absolute atomic E-state index is 0.800. The van der Waals surface area contributed by atoms with Gasteiger partial charge in [-0.3, -0.25) is 0 Å². The van der Waals surface area contributed by atoms with E-state index in [1.165, 1.54) is 12.1 Å². The number of hydrogen-bond acceptors (Lipinski definition) is 4. The topological polar surface area (TPSA) is 36.9 Å². The first-order valence-corrected chi connectivity index (χ1v) is 19.0. The molecule has 24 heavy (non-hydrogen) atoms. The largest absolute Gasteiger partial charge is 0.456 e. The zero-order valence-corrected chi connectivity index (χ0v) is 20.5. The van der Waals surface area contributed by atoms with Gasteiger partial charge in [-0.2, -0.15) is 0 Å². The van der Waals surface area contributed by atoms with Crippen LogP contribution in [-0.2, 0) is 18.0 Å². The molecule has 4 nitrogen and oxygen atoms in total. The second-order valence-electron chi connectivity index (χ2n) is 8.72. The van der Waals surface area contributed by atoms with E-state index in [1.54, 1.807) is 0 Å². The van der Waals surface area contributed by atoms with Gasteiger partial charge in [0, 0.05) is 33.5 Å². The summed E-state index contributed by atoms with van der Waals surface area (Å²) in [6, 6.07) is 2.35. The van der Waals surface area contributed by atoms with Crippen molar-refractivity contribution >= 4 is 25.0 Å². The van der Waals surface area contributed by atoms with E-state index in [2.05, 4.69) is 45.8 Å². The van der Waals surface area contributed by atoms with Gasteiger partial charge in [0.25, 0.3) is 0 Å². The molecule has 0 saturated heterocycles. The van der Waals surface area contributed by atoms with Crippen molar-refractivity contribution < 1.29 is 18.0 Å². The maximum absolute atomic E-state index is 6.34. The smallest absolute Gasteiger partial charge is 0.186 e. The van der Waals surface area contributed by atoms with E-state index >= 15 is 0 Å². The highest BCUT2D eigenvalue weighted by atomic mass is 28.4. The molecule has 0 aromatic carbocycles. The summed E-state index contributed by atoms with van der Waals surface area (Å²) in [7, 11) is -2.49. The fourth-order valence-electron chi connectivity index (χ4n) is 2.65. The van der Waals surface area contributed by atoms with Crippen molar-refractivity contribution in [3.63, 3.8) is 0 Å². The Labute approximate surface area is 154 Å². The van der Waals surface area contributed by atoms with Crippen molar-refractivity contribution in [1.82, 2.24) is 0 Å². The molecule has 0 unspecified atom stereocenters. The summed E-state index contributed by atoms with van der Waals surface area (Å²) in [5, 5.41) is 0. The van der Waals surface area contributed by atoms with Crippen molar-refractivity contribution in [2.24, 2.45) is 0 Å². The lowest BCUT2D eigenvalue weighted by Crippen LogP contribution is -2.42. The molecule has 0 N–H and O–H groups in total. The summed E-state index contributed by atoms with van der Waals surface area (Å²) in [6.07, 6.45) is 3.20. The van der Waals surface area contributed by atoms with E-state index in [1.807, 2.05) is 7.11 Å². The second kappa shape index (κ2) is 12.0. The van der Waals surface area contributed by atoms with Gasteiger partial charge in [0.2, 0.25) is 0 Å². The average Bonchev–Trinajstić information content (AvgIpc) is 2.42. The van der Waals surface area contributed by atoms with Gasteiger partial charge in [-0.1, -0.05) is 0 Å². The molecule has 0 aliphatic rings. The third-order valence-corrected chi connectivity index (χ3v) is 12.7. The minimum Gasteiger partial charge on any atom is -0.456 e. The molecule has 0 atom stereocenters. The second-order valence-corrected chi connectivity index (χ2v) is 22.2. The van der Waals surface area contributed by atoms with Crippen LogP contribution in [0.5, 0.6) is 0 Å². The summed E-state index contributed by atoms with van der Waals surface area (Å²) in [6.45, 7) is 19.3. The van der Waals surface area contributed by atoms with Gasteiger partial charge in [-0.25, -0.2) is 0 Å². The zero-order chi connectivity index (χ0) is 18.7. The van der Waals surface area contributed by atoms with E-state index in [0.717, 1.165) is 45.7 Å². The van der Waals surface area contributed by atoms with Crippen LogP contribution in [0.4, 0.5) is 0 Å². The molecule has 0 bridgehead atoms. The Hall–Kier alpha value is 0.491. The molecule has 0 aromatic rings. The van der Waals surface area contributed by atoms with Gasteiger partial charge in [-0.15, -0.1) is 0 Å². The molecule has 0 amide bonds. The van der Waals surface area contributed by atoms with E-state index in [-0.39, 0.29) is 0 Å². The summed E-state index contributed by atoms with van der Waals surface area (Å²) in [4.78, 5) is 0. The Morgan fingerprint density at radius 3 is 1.42 bits per heavy atom. The highest BCUT2D eigenvalue weighted by molar-refractivity contribution is 6.84. The molecular formula is C17H42O4Si3. The maximum atomic E-state index is 6.34. The third kappa shape index (κ3) is 16.0. The molecule has 0 saturated carbocycles. The number of hydrogen-bond donors (Lipinski definition) is 0. The van der Waals surface area contributed by atoms with Crippen molar-refractivity contribution in [2.75, 3.05) is 33.5 Å². The van der Waals surface area contributed by atoms with Crippen LogP contribution in [0.25, 0.3) is 0 Å². The van der Waals surface area contributed by atoms with E-state index in [9.17, 15) is 0 Å². The third-order valence-electron chi connectivity index (χ3n) is 3.85. The number of rotatable bonds is 15. The van der Waals surface area contributed by atoms with Crippen LogP contribution in [-0.4, -0.2) is 58.5 Å². The summed E-state index contributed by atoms with van der Waals surface area (Å²) in [5.74, 6) is 0. The van der Waals surface area contributed by atoms with Crippen molar-refractivity contribution in [1.29, 1.82) is 0 Å². The molecule has 7 heteroatoms. The quantitative estimate of drug-likeness (QED) is 0.286. The fourth-order valence-corrected chi connectivity index (χ4v) is 11.9. The molecule has 0 fully saturated rings. The van der Waals surface area contributed by atoms with Crippen LogP contribution in [0.3, 0.4) is 0 Å². The van der Waals surface area contributed by atoms with E-state index < -0.39 is 25.0 Å². The van der Waals surface area contributed by atoms with Gasteiger partial charge in [0.15, 0.2) is 25.0 Å². The molecular weight excluding hydrogens is 352 g/mol. The highest BCUT2D eigenvalue weighted by Crippen LogP contribution is 2.19. The van der Waals surface area contributed by atoms with Crippen molar-refractivity contribution in [3.05, 3.63) is 0 Å². The minimum atomic E-state index is -1.50. The van der Waals surface area contributed by atoms with Gasteiger partial charge >= 0.3 is 0 Å². The Kier molecular flexibility index (Phi) is 12.2. The predicted molar refractivity (Wildman–Crippen MR) is 112 cm³/mol. The van der Waals surface area contributed by atoms with Crippen LogP contribution in [0.1, 0.15) is 19.3 Å². The molecule has 0 aromatic heterocycles. The lowest BCUT2D eigenvalue weighted by Gasteiger charge is -2.31. The Balaban J connectivity index is 3.43. The normalized spacial score (nSPS) is 13.5. The Bertz CT molecular complexity index is 317. The van der Waals surface area contributed by atoms with Crippen LogP contribution in [0.2, 0.25) is 57.9 Å². The Morgan fingerprint density at radius 1 is 0.583 bits per heavy atom. The monoisotopic (exact) mass is 394 g/mol. The number of ether oxygens (including phenoxy) is 2.